The van der Waals surface area contributed by atoms with Crippen LogP contribution in [-0.2, 0) is 25.2 Å². The van der Waals surface area contributed by atoms with E-state index in [0.29, 0.717) is 0 Å². The van der Waals surface area contributed by atoms with Crippen molar-refractivity contribution in [3.8, 4) is 0 Å². The van der Waals surface area contributed by atoms with E-state index >= 15 is 0 Å². The zero-order chi connectivity index (χ0) is 16.0. The molecule has 1 aromatic carbocycles. The van der Waals surface area contributed by atoms with Gasteiger partial charge in [0.05, 0.1) is 19.8 Å². The lowest BCUT2D eigenvalue weighted by Crippen LogP contribution is -2.36. The molecule has 0 aliphatic rings. The average molecular weight is 305 g/mol. The normalized spacial score (nSPS) is 10.9. The van der Waals surface area contributed by atoms with Crippen LogP contribution in [0, 0.1) is 0 Å². The van der Waals surface area contributed by atoms with Crippen molar-refractivity contribution in [2.45, 2.75) is 6.18 Å². The molecule has 0 radical (unpaired) electrons. The molecule has 0 N–H and O–H groups in total. The summed E-state index contributed by atoms with van der Waals surface area (Å²) >= 11 is 0. The predicted octanol–water partition coefficient (Wildman–Crippen LogP) is 1.86. The fourth-order valence-corrected chi connectivity index (χ4v) is 1.66. The van der Waals surface area contributed by atoms with Gasteiger partial charge in [-0.25, -0.2) is 0 Å². The summed E-state index contributed by atoms with van der Waals surface area (Å²) in [5.41, 5.74) is -1.24. The number of para-hydroxylation sites is 1. The number of ether oxygens (including phenoxy) is 2. The Hall–Kier alpha value is -2.25. The van der Waals surface area contributed by atoms with E-state index in [1.807, 2.05) is 0 Å². The molecule has 0 saturated heterocycles. The molecule has 0 spiro atoms. The summed E-state index contributed by atoms with van der Waals surface area (Å²) in [6.07, 6.45) is -4.61. The zero-order valence-electron chi connectivity index (χ0n) is 11.4. The largest absolute Gasteiger partial charge is 0.468 e. The second-order valence-corrected chi connectivity index (χ2v) is 4.02. The SMILES string of the molecule is COC(=O)CN(CC(=O)OC)c1ccccc1C(F)(F)F. The number of benzene rings is 1. The summed E-state index contributed by atoms with van der Waals surface area (Å²) in [5, 5.41) is 0. The first-order valence-electron chi connectivity index (χ1n) is 5.84. The Kier molecular flexibility index (Phi) is 5.57. The Morgan fingerprint density at radius 1 is 1.05 bits per heavy atom. The zero-order valence-corrected chi connectivity index (χ0v) is 11.4. The third-order valence-corrected chi connectivity index (χ3v) is 2.65. The number of hydrogen-bond donors (Lipinski definition) is 0. The number of methoxy groups -OCH3 is 2. The number of halogens is 3. The van der Waals surface area contributed by atoms with E-state index in [-0.39, 0.29) is 5.69 Å². The molecule has 0 aliphatic carbocycles. The molecule has 5 nitrogen and oxygen atoms in total. The van der Waals surface area contributed by atoms with Gasteiger partial charge in [-0.1, -0.05) is 12.1 Å². The van der Waals surface area contributed by atoms with Crippen LogP contribution in [0.2, 0.25) is 0 Å². The van der Waals surface area contributed by atoms with Gasteiger partial charge in [0.15, 0.2) is 0 Å². The quantitative estimate of drug-likeness (QED) is 0.777. The predicted molar refractivity (Wildman–Crippen MR) is 67.7 cm³/mol. The van der Waals surface area contributed by atoms with E-state index in [0.717, 1.165) is 25.2 Å². The maximum Gasteiger partial charge on any atom is 0.418 e. The smallest absolute Gasteiger partial charge is 0.418 e. The van der Waals surface area contributed by atoms with E-state index in [1.54, 1.807) is 0 Å². The van der Waals surface area contributed by atoms with Crippen LogP contribution in [0.3, 0.4) is 0 Å². The summed E-state index contributed by atoms with van der Waals surface area (Å²) in [5.74, 6) is -1.54. The Bertz CT molecular complexity index is 498. The molecule has 0 fully saturated rings. The van der Waals surface area contributed by atoms with Crippen molar-refractivity contribution < 1.29 is 32.2 Å². The highest BCUT2D eigenvalue weighted by atomic mass is 19.4. The van der Waals surface area contributed by atoms with Crippen molar-refractivity contribution >= 4 is 17.6 Å². The van der Waals surface area contributed by atoms with E-state index in [4.69, 9.17) is 0 Å². The van der Waals surface area contributed by atoms with Crippen molar-refractivity contribution in [1.82, 2.24) is 0 Å². The molecule has 0 atom stereocenters. The summed E-state index contributed by atoms with van der Waals surface area (Å²) < 4.78 is 47.8. The number of esters is 2. The number of hydrogen-bond acceptors (Lipinski definition) is 5. The van der Waals surface area contributed by atoms with Crippen LogP contribution in [0.1, 0.15) is 5.56 Å². The maximum atomic E-state index is 13.0. The molecule has 0 amide bonds. The molecule has 0 bridgehead atoms. The monoisotopic (exact) mass is 305 g/mol. The van der Waals surface area contributed by atoms with Crippen LogP contribution < -0.4 is 4.90 Å². The topological polar surface area (TPSA) is 55.8 Å². The van der Waals surface area contributed by atoms with Crippen LogP contribution in [0.4, 0.5) is 18.9 Å². The standard InChI is InChI=1S/C13H14F3NO4/c1-20-11(18)7-17(8-12(19)21-2)10-6-4-3-5-9(10)13(14,15)16/h3-6H,7-8H2,1-2H3. The second kappa shape index (κ2) is 6.96. The van der Waals surface area contributed by atoms with Crippen LogP contribution in [0.5, 0.6) is 0 Å². The number of nitrogens with zero attached hydrogens (tertiary/aromatic N) is 1. The van der Waals surface area contributed by atoms with Crippen molar-refractivity contribution in [3.63, 3.8) is 0 Å². The van der Waals surface area contributed by atoms with Crippen LogP contribution in [-0.4, -0.2) is 39.2 Å². The molecule has 8 heteroatoms. The van der Waals surface area contributed by atoms with Gasteiger partial charge >= 0.3 is 18.1 Å². The second-order valence-electron chi connectivity index (χ2n) is 4.02. The molecule has 116 valence electrons. The van der Waals surface area contributed by atoms with Gasteiger partial charge in [-0.15, -0.1) is 0 Å². The third kappa shape index (κ3) is 4.66. The average Bonchev–Trinajstić information content (AvgIpc) is 2.45. The minimum Gasteiger partial charge on any atom is -0.468 e. The van der Waals surface area contributed by atoms with Crippen molar-refractivity contribution in [3.05, 3.63) is 29.8 Å². The number of rotatable bonds is 5. The summed E-state index contributed by atoms with van der Waals surface area (Å²) in [6, 6.07) is 4.65. The fraction of sp³-hybridized carbons (Fsp3) is 0.385. The van der Waals surface area contributed by atoms with Crippen molar-refractivity contribution in [2.24, 2.45) is 0 Å². The molecule has 0 heterocycles. The van der Waals surface area contributed by atoms with Crippen LogP contribution in [0.15, 0.2) is 24.3 Å². The highest BCUT2D eigenvalue weighted by Gasteiger charge is 2.35. The lowest BCUT2D eigenvalue weighted by atomic mass is 10.1. The lowest BCUT2D eigenvalue weighted by molar-refractivity contribution is -0.141. The molecule has 21 heavy (non-hydrogen) atoms. The number of alkyl halides is 3. The lowest BCUT2D eigenvalue weighted by Gasteiger charge is -2.25. The Labute approximate surface area is 119 Å². The Morgan fingerprint density at radius 3 is 1.95 bits per heavy atom. The van der Waals surface area contributed by atoms with Gasteiger partial charge in [0.25, 0.3) is 0 Å². The molecular weight excluding hydrogens is 291 g/mol. The first kappa shape index (κ1) is 16.8. The molecule has 0 aromatic heterocycles. The van der Waals surface area contributed by atoms with E-state index in [1.165, 1.54) is 18.2 Å². The molecule has 0 saturated carbocycles. The van der Waals surface area contributed by atoms with E-state index < -0.39 is 36.8 Å². The summed E-state index contributed by atoms with van der Waals surface area (Å²) in [4.78, 5) is 23.6. The van der Waals surface area contributed by atoms with Gasteiger partial charge in [0, 0.05) is 5.69 Å². The Balaban J connectivity index is 3.19. The Morgan fingerprint density at radius 2 is 1.52 bits per heavy atom. The van der Waals surface area contributed by atoms with Gasteiger partial charge in [-0.3, -0.25) is 9.59 Å². The van der Waals surface area contributed by atoms with Crippen LogP contribution in [0.25, 0.3) is 0 Å². The summed E-state index contributed by atoms with van der Waals surface area (Å²) in [6.45, 7) is -1.00. The highest BCUT2D eigenvalue weighted by molar-refractivity contribution is 5.82. The van der Waals surface area contributed by atoms with Gasteiger partial charge in [-0.2, -0.15) is 13.2 Å². The maximum absolute atomic E-state index is 13.0. The molecule has 0 unspecified atom stereocenters. The van der Waals surface area contributed by atoms with Gasteiger partial charge < -0.3 is 14.4 Å². The fourth-order valence-electron chi connectivity index (χ4n) is 1.66. The number of carbonyl (C=O) groups is 2. The highest BCUT2D eigenvalue weighted by Crippen LogP contribution is 2.36. The van der Waals surface area contributed by atoms with Crippen molar-refractivity contribution in [2.75, 3.05) is 32.2 Å². The minimum absolute atomic E-state index is 0.291. The van der Waals surface area contributed by atoms with Gasteiger partial charge in [-0.05, 0) is 12.1 Å². The molecular formula is C13H14F3NO4. The first-order valence-corrected chi connectivity index (χ1v) is 5.84. The minimum atomic E-state index is -4.61. The van der Waals surface area contributed by atoms with Gasteiger partial charge in [0.1, 0.15) is 13.1 Å². The summed E-state index contributed by atoms with van der Waals surface area (Å²) in [7, 11) is 2.21. The van der Waals surface area contributed by atoms with Crippen molar-refractivity contribution in [1.29, 1.82) is 0 Å². The number of carbonyl (C=O) groups excluding carboxylic acids is 2. The number of anilines is 1. The van der Waals surface area contributed by atoms with E-state index in [9.17, 15) is 22.8 Å². The molecule has 0 aliphatic heterocycles. The van der Waals surface area contributed by atoms with Gasteiger partial charge in [0.2, 0.25) is 0 Å². The van der Waals surface area contributed by atoms with E-state index in [2.05, 4.69) is 9.47 Å². The first-order chi connectivity index (χ1) is 9.79. The third-order valence-electron chi connectivity index (χ3n) is 2.65. The molecule has 1 rings (SSSR count). The van der Waals surface area contributed by atoms with Crippen LogP contribution >= 0.6 is 0 Å². The molecule has 1 aromatic rings.